The van der Waals surface area contributed by atoms with Crippen molar-refractivity contribution in [3.8, 4) is 0 Å². The predicted molar refractivity (Wildman–Crippen MR) is 133 cm³/mol. The topological polar surface area (TPSA) is 87.0 Å². The summed E-state index contributed by atoms with van der Waals surface area (Å²) in [4.78, 5) is 22.0. The van der Waals surface area contributed by atoms with Gasteiger partial charge in [-0.2, -0.15) is 4.31 Å². The molecule has 1 amide bonds. The van der Waals surface area contributed by atoms with Gasteiger partial charge in [-0.3, -0.25) is 9.78 Å². The second-order valence-corrected chi connectivity index (χ2v) is 11.3. The minimum absolute atomic E-state index is 0.000649. The fraction of sp³-hybridized carbons (Fsp3) is 0.385. The summed E-state index contributed by atoms with van der Waals surface area (Å²) in [5.74, 6) is -0.725. The number of furan rings is 1. The maximum absolute atomic E-state index is 13.7. The number of anilines is 1. The molecule has 0 N–H and O–H groups in total. The third-order valence-electron chi connectivity index (χ3n) is 7.14. The molecule has 35 heavy (non-hydrogen) atoms. The Morgan fingerprint density at radius 3 is 2.54 bits per heavy atom. The number of hydrogen-bond donors (Lipinski definition) is 0. The summed E-state index contributed by atoms with van der Waals surface area (Å²) in [5, 5.41) is 0. The van der Waals surface area contributed by atoms with Gasteiger partial charge in [0.25, 0.3) is 0 Å². The van der Waals surface area contributed by atoms with Gasteiger partial charge < -0.3 is 14.2 Å². The fourth-order valence-corrected chi connectivity index (χ4v) is 6.61. The highest BCUT2D eigenvalue weighted by Gasteiger charge is 2.45. The van der Waals surface area contributed by atoms with Crippen LogP contribution in [0, 0.1) is 19.8 Å². The molecule has 9 heteroatoms. The monoisotopic (exact) mass is 494 g/mol. The smallest absolute Gasteiger partial charge is 0.244 e. The molecule has 0 unspecified atom stereocenters. The van der Waals surface area contributed by atoms with Gasteiger partial charge in [-0.25, -0.2) is 8.42 Å². The Morgan fingerprint density at radius 1 is 1.06 bits per heavy atom. The van der Waals surface area contributed by atoms with Crippen LogP contribution in [-0.4, -0.2) is 67.8 Å². The first-order chi connectivity index (χ1) is 16.8. The maximum Gasteiger partial charge on any atom is 0.244 e. The summed E-state index contributed by atoms with van der Waals surface area (Å²) in [6.07, 6.45) is 6.08. The number of aromatic nitrogens is 1. The van der Waals surface area contributed by atoms with Gasteiger partial charge in [0.15, 0.2) is 0 Å². The van der Waals surface area contributed by atoms with Crippen molar-refractivity contribution in [1.82, 2.24) is 14.2 Å². The molecule has 2 saturated heterocycles. The minimum Gasteiger partial charge on any atom is -0.472 e. The van der Waals surface area contributed by atoms with Crippen molar-refractivity contribution in [2.75, 3.05) is 44.2 Å². The molecule has 2 fully saturated rings. The van der Waals surface area contributed by atoms with E-state index >= 15 is 0 Å². The fourth-order valence-electron chi connectivity index (χ4n) is 5.15. The zero-order chi connectivity index (χ0) is 24.6. The molecular formula is C26H30N4O4S. The number of piperazine rings is 1. The van der Waals surface area contributed by atoms with Gasteiger partial charge in [0.2, 0.25) is 15.9 Å². The van der Waals surface area contributed by atoms with Crippen molar-refractivity contribution in [2.45, 2.75) is 24.7 Å². The molecule has 2 aliphatic heterocycles. The molecule has 0 bridgehead atoms. The summed E-state index contributed by atoms with van der Waals surface area (Å²) < 4.78 is 33.3. The summed E-state index contributed by atoms with van der Waals surface area (Å²) in [6, 6.07) is 11.4. The van der Waals surface area contributed by atoms with Crippen LogP contribution in [0.5, 0.6) is 0 Å². The Hall–Kier alpha value is -3.17. The van der Waals surface area contributed by atoms with E-state index in [4.69, 9.17) is 4.42 Å². The summed E-state index contributed by atoms with van der Waals surface area (Å²) in [6.45, 7) is 7.28. The van der Waals surface area contributed by atoms with E-state index in [9.17, 15) is 13.2 Å². The number of carbonyl (C=O) groups is 1. The van der Waals surface area contributed by atoms with E-state index in [0.717, 1.165) is 18.7 Å². The molecule has 0 aliphatic carbocycles. The number of nitrogens with zero attached hydrogens (tertiary/aromatic N) is 4. The van der Waals surface area contributed by atoms with E-state index in [0.29, 0.717) is 13.1 Å². The summed E-state index contributed by atoms with van der Waals surface area (Å²) >= 11 is 0. The number of sulfonamides is 1. The molecule has 5 rings (SSSR count). The van der Waals surface area contributed by atoms with Crippen molar-refractivity contribution in [3.63, 3.8) is 0 Å². The molecule has 3 aromatic rings. The molecule has 0 radical (unpaired) electrons. The van der Waals surface area contributed by atoms with Crippen molar-refractivity contribution < 1.29 is 17.6 Å². The lowest BCUT2D eigenvalue weighted by Gasteiger charge is -2.38. The average molecular weight is 495 g/mol. The Balaban J connectivity index is 1.34. The van der Waals surface area contributed by atoms with Crippen LogP contribution in [0.25, 0.3) is 0 Å². The van der Waals surface area contributed by atoms with Gasteiger partial charge in [-0.1, -0.05) is 12.1 Å². The van der Waals surface area contributed by atoms with Crippen LogP contribution in [0.15, 0.2) is 70.6 Å². The molecule has 1 aromatic carbocycles. The van der Waals surface area contributed by atoms with Crippen LogP contribution < -0.4 is 4.90 Å². The average Bonchev–Trinajstić information content (AvgIpc) is 3.56. The SMILES string of the molecule is Cc1ccc(C)c(N2CCN(C(=O)[C@@H]3CN(S(=O)(=O)c4cccnc4)C[C@H]3c3ccoc3)CC2)c1. The first kappa shape index (κ1) is 23.6. The Morgan fingerprint density at radius 2 is 1.86 bits per heavy atom. The number of carbonyl (C=O) groups excluding carboxylic acids is 1. The molecule has 184 valence electrons. The zero-order valence-electron chi connectivity index (χ0n) is 20.0. The lowest BCUT2D eigenvalue weighted by atomic mass is 9.89. The number of rotatable bonds is 5. The van der Waals surface area contributed by atoms with Crippen LogP contribution >= 0.6 is 0 Å². The number of benzene rings is 1. The molecule has 8 nitrogen and oxygen atoms in total. The number of amides is 1. The largest absolute Gasteiger partial charge is 0.472 e. The highest BCUT2D eigenvalue weighted by Crippen LogP contribution is 2.37. The molecule has 0 saturated carbocycles. The van der Waals surface area contributed by atoms with Gasteiger partial charge in [0.1, 0.15) is 4.90 Å². The second-order valence-electron chi connectivity index (χ2n) is 9.38. The van der Waals surface area contributed by atoms with Crippen LogP contribution in [-0.2, 0) is 14.8 Å². The number of pyridine rings is 1. The summed E-state index contributed by atoms with van der Waals surface area (Å²) in [5.41, 5.74) is 4.50. The first-order valence-electron chi connectivity index (χ1n) is 11.9. The third-order valence-corrected chi connectivity index (χ3v) is 8.96. The molecule has 2 aromatic heterocycles. The van der Waals surface area contributed by atoms with Gasteiger partial charge in [0, 0.05) is 63.3 Å². The normalized spacial score (nSPS) is 21.4. The van der Waals surface area contributed by atoms with Crippen LogP contribution in [0.1, 0.15) is 22.6 Å². The third kappa shape index (κ3) is 4.58. The Bertz CT molecular complexity index is 1290. The van der Waals surface area contributed by atoms with Crippen molar-refractivity contribution >= 4 is 21.6 Å². The standard InChI is InChI=1S/C26H30N4O4S/c1-19-5-6-20(2)25(14-19)28-9-11-29(12-10-28)26(31)24-17-30(16-23(24)21-7-13-34-18-21)35(32,33)22-4-3-8-27-15-22/h3-8,13-15,18,23-24H,9-12,16-17H2,1-2H3/t23-,24+/m0/s1. The van der Waals surface area contributed by atoms with E-state index in [1.54, 1.807) is 24.8 Å². The van der Waals surface area contributed by atoms with Crippen LogP contribution in [0.4, 0.5) is 5.69 Å². The van der Waals surface area contributed by atoms with E-state index in [1.165, 1.54) is 33.4 Å². The molecule has 2 aliphatic rings. The zero-order valence-corrected chi connectivity index (χ0v) is 20.8. The predicted octanol–water partition coefficient (Wildman–Crippen LogP) is 3.04. The number of hydrogen-bond acceptors (Lipinski definition) is 6. The van der Waals surface area contributed by atoms with Crippen molar-refractivity contribution in [3.05, 3.63) is 78.0 Å². The highest BCUT2D eigenvalue weighted by atomic mass is 32.2. The second kappa shape index (κ2) is 9.47. The minimum atomic E-state index is -3.75. The molecule has 0 spiro atoms. The van der Waals surface area contributed by atoms with Gasteiger partial charge >= 0.3 is 0 Å². The lowest BCUT2D eigenvalue weighted by molar-refractivity contribution is -0.135. The Labute approximate surface area is 206 Å². The van der Waals surface area contributed by atoms with Crippen LogP contribution in [0.2, 0.25) is 0 Å². The van der Waals surface area contributed by atoms with Gasteiger partial charge in [-0.05, 0) is 54.8 Å². The van der Waals surface area contributed by atoms with E-state index in [-0.39, 0.29) is 29.8 Å². The van der Waals surface area contributed by atoms with Crippen molar-refractivity contribution in [1.29, 1.82) is 0 Å². The Kier molecular flexibility index (Phi) is 6.37. The molecule has 2 atom stereocenters. The maximum atomic E-state index is 13.7. The molecule has 4 heterocycles. The first-order valence-corrected chi connectivity index (χ1v) is 13.3. The lowest BCUT2D eigenvalue weighted by Crippen LogP contribution is -2.51. The van der Waals surface area contributed by atoms with Gasteiger partial charge in [0.05, 0.1) is 18.4 Å². The van der Waals surface area contributed by atoms with E-state index < -0.39 is 15.9 Å². The van der Waals surface area contributed by atoms with E-state index in [1.807, 2.05) is 11.0 Å². The van der Waals surface area contributed by atoms with Gasteiger partial charge in [-0.15, -0.1) is 0 Å². The highest BCUT2D eigenvalue weighted by molar-refractivity contribution is 7.89. The summed E-state index contributed by atoms with van der Waals surface area (Å²) in [7, 11) is -3.75. The molecular weight excluding hydrogens is 464 g/mol. The quantitative estimate of drug-likeness (QED) is 0.542. The van der Waals surface area contributed by atoms with Crippen molar-refractivity contribution in [2.24, 2.45) is 5.92 Å². The number of aryl methyl sites for hydroxylation is 2. The van der Waals surface area contributed by atoms with Crippen LogP contribution in [0.3, 0.4) is 0 Å². The van der Waals surface area contributed by atoms with E-state index in [2.05, 4.69) is 41.9 Å².